The summed E-state index contributed by atoms with van der Waals surface area (Å²) >= 11 is 0. The second-order valence-corrected chi connectivity index (χ2v) is 10.0. The van der Waals surface area contributed by atoms with Crippen LogP contribution in [0.25, 0.3) is 27.8 Å². The van der Waals surface area contributed by atoms with Crippen LogP contribution < -0.4 is 10.3 Å². The molecular formula is C23H14F7N3O4S. The molecule has 2 aromatic carbocycles. The van der Waals surface area contributed by atoms with Crippen LogP contribution in [0.4, 0.5) is 30.7 Å². The largest absolute Gasteiger partial charge is 0.573 e. The summed E-state index contributed by atoms with van der Waals surface area (Å²) in [7, 11) is -4.22. The van der Waals surface area contributed by atoms with Crippen molar-refractivity contribution < 1.29 is 43.9 Å². The fraction of sp³-hybridized carbons (Fsp3) is 0.174. The van der Waals surface area contributed by atoms with Gasteiger partial charge in [-0.25, -0.2) is 27.3 Å². The minimum Gasteiger partial charge on any atom is -0.406 e. The summed E-state index contributed by atoms with van der Waals surface area (Å²) in [4.78, 5) is 20.3. The van der Waals surface area contributed by atoms with Crippen LogP contribution in [-0.2, 0) is 16.0 Å². The molecule has 0 fully saturated rings. The highest BCUT2D eigenvalue weighted by Gasteiger charge is 2.32. The van der Waals surface area contributed by atoms with E-state index in [9.17, 15) is 43.9 Å². The molecule has 0 saturated carbocycles. The van der Waals surface area contributed by atoms with E-state index < -0.39 is 72.5 Å². The van der Waals surface area contributed by atoms with E-state index in [1.165, 1.54) is 6.92 Å². The van der Waals surface area contributed by atoms with Gasteiger partial charge in [-0.05, 0) is 42.5 Å². The molecule has 7 nitrogen and oxygen atoms in total. The highest BCUT2D eigenvalue weighted by molar-refractivity contribution is 7.91. The lowest BCUT2D eigenvalue weighted by molar-refractivity contribution is -0.274. The van der Waals surface area contributed by atoms with Gasteiger partial charge in [0.1, 0.15) is 22.8 Å². The fourth-order valence-corrected chi connectivity index (χ4v) is 4.57. The third-order valence-corrected chi connectivity index (χ3v) is 7.07. The van der Waals surface area contributed by atoms with E-state index in [4.69, 9.17) is 0 Å². The Labute approximate surface area is 209 Å². The molecule has 2 heterocycles. The lowest BCUT2D eigenvalue weighted by Gasteiger charge is -2.15. The van der Waals surface area contributed by atoms with Gasteiger partial charge in [-0.3, -0.25) is 4.79 Å². The number of nitrogens with zero attached hydrogens (tertiary/aromatic N) is 3. The molecule has 200 valence electrons. The van der Waals surface area contributed by atoms with E-state index in [0.29, 0.717) is 28.8 Å². The summed E-state index contributed by atoms with van der Waals surface area (Å²) in [5, 5.41) is -0.476. The van der Waals surface area contributed by atoms with Gasteiger partial charge in [0.05, 0.1) is 22.2 Å². The number of benzene rings is 2. The van der Waals surface area contributed by atoms with Crippen molar-refractivity contribution in [1.82, 2.24) is 14.5 Å². The topological polar surface area (TPSA) is 91.2 Å². The SMILES string of the molecule is CCS(=O)(=O)c1cc(-c2cc(OC(F)(F)F)ccc2F)cnc1-n1cnc2ccc(C(F)(F)F)cc2c1=O. The van der Waals surface area contributed by atoms with E-state index in [0.717, 1.165) is 30.7 Å². The molecule has 15 heteroatoms. The summed E-state index contributed by atoms with van der Waals surface area (Å²) in [6.07, 6.45) is -8.09. The molecule has 2 aromatic heterocycles. The quantitative estimate of drug-likeness (QED) is 0.308. The predicted molar refractivity (Wildman–Crippen MR) is 120 cm³/mol. The lowest BCUT2D eigenvalue weighted by atomic mass is 10.1. The summed E-state index contributed by atoms with van der Waals surface area (Å²) in [6.45, 7) is 1.25. The van der Waals surface area contributed by atoms with E-state index >= 15 is 0 Å². The van der Waals surface area contributed by atoms with Gasteiger partial charge < -0.3 is 4.74 Å². The fourth-order valence-electron chi connectivity index (χ4n) is 3.52. The lowest BCUT2D eigenvalue weighted by Crippen LogP contribution is -2.23. The number of halogens is 7. The maximum Gasteiger partial charge on any atom is 0.573 e. The average molecular weight is 561 g/mol. The Balaban J connectivity index is 1.94. The summed E-state index contributed by atoms with van der Waals surface area (Å²) in [5.41, 5.74) is -3.06. The van der Waals surface area contributed by atoms with Crippen LogP contribution in [0.5, 0.6) is 5.75 Å². The Morgan fingerprint density at radius 3 is 2.32 bits per heavy atom. The Kier molecular flexibility index (Phi) is 6.67. The van der Waals surface area contributed by atoms with Gasteiger partial charge in [0, 0.05) is 17.3 Å². The van der Waals surface area contributed by atoms with Crippen molar-refractivity contribution in [3.05, 3.63) is 76.7 Å². The van der Waals surface area contributed by atoms with Crippen molar-refractivity contribution in [3.63, 3.8) is 0 Å². The summed E-state index contributed by atoms with van der Waals surface area (Å²) in [6, 6.07) is 5.23. The molecule has 4 rings (SSSR count). The molecule has 0 N–H and O–H groups in total. The molecule has 0 aliphatic carbocycles. The van der Waals surface area contributed by atoms with Gasteiger partial charge in [-0.2, -0.15) is 13.2 Å². The zero-order valence-electron chi connectivity index (χ0n) is 18.9. The van der Waals surface area contributed by atoms with Gasteiger partial charge in [0.25, 0.3) is 5.56 Å². The first-order chi connectivity index (χ1) is 17.6. The monoisotopic (exact) mass is 561 g/mol. The van der Waals surface area contributed by atoms with Crippen LogP contribution in [0.15, 0.2) is 64.7 Å². The van der Waals surface area contributed by atoms with Crippen molar-refractivity contribution in [2.24, 2.45) is 0 Å². The van der Waals surface area contributed by atoms with Crippen LogP contribution >= 0.6 is 0 Å². The molecule has 0 aliphatic heterocycles. The Morgan fingerprint density at radius 2 is 1.68 bits per heavy atom. The zero-order valence-corrected chi connectivity index (χ0v) is 19.7. The van der Waals surface area contributed by atoms with Crippen LogP contribution in [0.1, 0.15) is 12.5 Å². The molecule has 0 amide bonds. The smallest absolute Gasteiger partial charge is 0.406 e. The van der Waals surface area contributed by atoms with Crippen molar-refractivity contribution in [2.45, 2.75) is 24.4 Å². The van der Waals surface area contributed by atoms with E-state index in [2.05, 4.69) is 14.7 Å². The molecule has 38 heavy (non-hydrogen) atoms. The standard InChI is InChI=1S/C23H14F7N3O4S/c1-2-38(35,36)19-7-12(15-9-14(4-5-17(15)24)37-23(28,29)30)10-31-20(19)33-11-32-18-6-3-13(22(25,26)27)8-16(18)21(33)34/h3-11H,2H2,1H3. The molecule has 0 radical (unpaired) electrons. The number of ether oxygens (including phenoxy) is 1. The first kappa shape index (κ1) is 27.0. The number of pyridine rings is 1. The Hall–Kier alpha value is -4.01. The first-order valence-electron chi connectivity index (χ1n) is 10.5. The number of rotatable bonds is 5. The van der Waals surface area contributed by atoms with Gasteiger partial charge >= 0.3 is 12.5 Å². The predicted octanol–water partition coefficient (Wildman–Crippen LogP) is 5.30. The third-order valence-electron chi connectivity index (χ3n) is 5.34. The molecular weight excluding hydrogens is 547 g/mol. The maximum atomic E-state index is 14.5. The number of fused-ring (bicyclic) bond motifs is 1. The van der Waals surface area contributed by atoms with Crippen molar-refractivity contribution in [1.29, 1.82) is 0 Å². The normalized spacial score (nSPS) is 12.6. The number of sulfone groups is 1. The molecule has 0 saturated heterocycles. The molecule has 0 bridgehead atoms. The van der Waals surface area contributed by atoms with Gasteiger partial charge in [-0.15, -0.1) is 13.2 Å². The van der Waals surface area contributed by atoms with Gasteiger partial charge in [-0.1, -0.05) is 6.92 Å². The first-order valence-corrected chi connectivity index (χ1v) is 12.1. The molecule has 0 unspecified atom stereocenters. The Bertz CT molecular complexity index is 1720. The van der Waals surface area contributed by atoms with Crippen molar-refractivity contribution in [3.8, 4) is 22.7 Å². The molecule has 4 aromatic rings. The van der Waals surface area contributed by atoms with Crippen LogP contribution in [0, 0.1) is 5.82 Å². The zero-order chi connectivity index (χ0) is 28.0. The van der Waals surface area contributed by atoms with Crippen molar-refractivity contribution in [2.75, 3.05) is 5.75 Å². The van der Waals surface area contributed by atoms with Gasteiger partial charge in [0.15, 0.2) is 15.7 Å². The maximum absolute atomic E-state index is 14.5. The third kappa shape index (κ3) is 5.32. The molecule has 0 aliphatic rings. The second-order valence-electron chi connectivity index (χ2n) is 7.79. The van der Waals surface area contributed by atoms with E-state index in [-0.39, 0.29) is 11.1 Å². The van der Waals surface area contributed by atoms with Crippen molar-refractivity contribution >= 4 is 20.7 Å². The highest BCUT2D eigenvalue weighted by atomic mass is 32.2. The van der Waals surface area contributed by atoms with E-state index in [1.54, 1.807) is 0 Å². The van der Waals surface area contributed by atoms with E-state index in [1.807, 2.05) is 0 Å². The Morgan fingerprint density at radius 1 is 0.974 bits per heavy atom. The average Bonchev–Trinajstić information content (AvgIpc) is 2.83. The summed E-state index contributed by atoms with van der Waals surface area (Å²) in [5.74, 6) is -2.89. The second kappa shape index (κ2) is 9.38. The van der Waals surface area contributed by atoms with Gasteiger partial charge in [0.2, 0.25) is 0 Å². The number of alkyl halides is 6. The van der Waals surface area contributed by atoms with Crippen LogP contribution in [-0.4, -0.2) is 35.1 Å². The van der Waals surface area contributed by atoms with Crippen LogP contribution in [0.2, 0.25) is 0 Å². The molecule has 0 atom stereocenters. The number of aromatic nitrogens is 3. The number of hydrogen-bond acceptors (Lipinski definition) is 6. The highest BCUT2D eigenvalue weighted by Crippen LogP contribution is 2.33. The molecule has 0 spiro atoms. The van der Waals surface area contributed by atoms with Crippen LogP contribution in [0.3, 0.4) is 0 Å². The minimum absolute atomic E-state index is 0.0979. The summed E-state index contributed by atoms with van der Waals surface area (Å²) < 4.78 is 122. The number of hydrogen-bond donors (Lipinski definition) is 0. The minimum atomic E-state index is -5.08.